The van der Waals surface area contributed by atoms with Gasteiger partial charge in [0.05, 0.1) is 31.4 Å². The molecule has 1 fully saturated rings. The lowest BCUT2D eigenvalue weighted by atomic mass is 10.1. The van der Waals surface area contributed by atoms with Crippen LogP contribution in [-0.4, -0.2) is 53.6 Å². The number of hydrogen-bond donors (Lipinski definition) is 2. The molecule has 4 rings (SSSR count). The maximum atomic E-state index is 13.6. The highest BCUT2D eigenvalue weighted by atomic mass is 79.9. The van der Waals surface area contributed by atoms with Crippen LogP contribution < -0.4 is 20.4 Å². The molecule has 1 heterocycles. The highest BCUT2D eigenvalue weighted by Crippen LogP contribution is 2.28. The van der Waals surface area contributed by atoms with Crippen molar-refractivity contribution in [2.75, 3.05) is 23.9 Å². The molecule has 40 heavy (non-hydrogen) atoms. The molecule has 2 N–H and O–H groups in total. The Hall–Kier alpha value is -4.29. The standard InChI is InChI=1S/C28H25BrN4O6S/c1-3-39-27(37)18-6-10-20(11-7-18)30-24(34)16-23-26(36)32(21-12-14-22(38-2)15-13-21)28(40)33(23)31-25(35)17-4-8-19(29)9-5-17/h4-15,23H,3,16H2,1-2H3,(H,30,34)(H,31,35). The highest BCUT2D eigenvalue weighted by molar-refractivity contribution is 9.10. The van der Waals surface area contributed by atoms with Crippen LogP contribution in [0.25, 0.3) is 0 Å². The minimum Gasteiger partial charge on any atom is -0.497 e. The Balaban J connectivity index is 1.55. The second kappa shape index (κ2) is 12.7. The van der Waals surface area contributed by atoms with E-state index in [9.17, 15) is 19.2 Å². The molecule has 0 radical (unpaired) electrons. The molecule has 3 aromatic rings. The van der Waals surface area contributed by atoms with E-state index in [1.54, 1.807) is 67.6 Å². The normalized spacial score (nSPS) is 14.6. The SMILES string of the molecule is CCOC(=O)c1ccc(NC(=O)CC2C(=O)N(c3ccc(OC)cc3)C(=S)N2NC(=O)c2ccc(Br)cc2)cc1. The van der Waals surface area contributed by atoms with Crippen molar-refractivity contribution in [3.05, 3.63) is 88.4 Å². The van der Waals surface area contributed by atoms with E-state index in [1.807, 2.05) is 0 Å². The number of hydrogen-bond acceptors (Lipinski definition) is 7. The van der Waals surface area contributed by atoms with Crippen molar-refractivity contribution >= 4 is 68.3 Å². The van der Waals surface area contributed by atoms with Crippen molar-refractivity contribution in [2.24, 2.45) is 0 Å². The fourth-order valence-electron chi connectivity index (χ4n) is 3.93. The summed E-state index contributed by atoms with van der Waals surface area (Å²) in [6.45, 7) is 1.96. The van der Waals surface area contributed by atoms with Crippen molar-refractivity contribution in [1.29, 1.82) is 0 Å². The third-order valence-corrected chi connectivity index (χ3v) is 6.84. The van der Waals surface area contributed by atoms with Crippen LogP contribution in [0.15, 0.2) is 77.3 Å². The third-order valence-electron chi connectivity index (χ3n) is 5.93. The largest absolute Gasteiger partial charge is 0.497 e. The van der Waals surface area contributed by atoms with Gasteiger partial charge in [0.2, 0.25) is 11.0 Å². The van der Waals surface area contributed by atoms with E-state index in [0.717, 1.165) is 4.47 Å². The monoisotopic (exact) mass is 624 g/mol. The number of halogens is 1. The number of hydrazine groups is 1. The van der Waals surface area contributed by atoms with E-state index in [2.05, 4.69) is 26.7 Å². The lowest BCUT2D eigenvalue weighted by Gasteiger charge is -2.24. The Kier molecular flexibility index (Phi) is 9.12. The van der Waals surface area contributed by atoms with Crippen LogP contribution in [0.4, 0.5) is 11.4 Å². The molecular formula is C28H25BrN4O6S. The second-order valence-corrected chi connectivity index (χ2v) is 9.82. The zero-order valence-electron chi connectivity index (χ0n) is 21.5. The summed E-state index contributed by atoms with van der Waals surface area (Å²) in [5.74, 6) is -1.37. The predicted molar refractivity (Wildman–Crippen MR) is 156 cm³/mol. The number of ether oxygens (including phenoxy) is 2. The zero-order valence-corrected chi connectivity index (χ0v) is 24.0. The number of esters is 1. The second-order valence-electron chi connectivity index (χ2n) is 8.54. The van der Waals surface area contributed by atoms with E-state index in [4.69, 9.17) is 21.7 Å². The van der Waals surface area contributed by atoms with Gasteiger partial charge in [0, 0.05) is 15.7 Å². The Labute approximate surface area is 244 Å². The smallest absolute Gasteiger partial charge is 0.338 e. The Morgan fingerprint density at radius 1 is 0.950 bits per heavy atom. The molecule has 206 valence electrons. The molecule has 0 spiro atoms. The fourth-order valence-corrected chi connectivity index (χ4v) is 4.57. The molecule has 1 atom stereocenters. The first-order valence-corrected chi connectivity index (χ1v) is 13.4. The number of nitrogens with one attached hydrogen (secondary N) is 2. The average molecular weight is 626 g/mol. The Bertz CT molecular complexity index is 1430. The van der Waals surface area contributed by atoms with Gasteiger partial charge >= 0.3 is 5.97 Å². The van der Waals surface area contributed by atoms with Crippen LogP contribution in [0.3, 0.4) is 0 Å². The van der Waals surface area contributed by atoms with Crippen molar-refractivity contribution in [3.8, 4) is 5.75 Å². The lowest BCUT2D eigenvalue weighted by Crippen LogP contribution is -2.49. The van der Waals surface area contributed by atoms with Gasteiger partial charge in [-0.25, -0.2) is 9.80 Å². The molecule has 1 unspecified atom stereocenters. The third kappa shape index (κ3) is 6.46. The van der Waals surface area contributed by atoms with E-state index in [0.29, 0.717) is 28.3 Å². The highest BCUT2D eigenvalue weighted by Gasteiger charge is 2.45. The van der Waals surface area contributed by atoms with E-state index in [-0.39, 0.29) is 18.1 Å². The lowest BCUT2D eigenvalue weighted by molar-refractivity contribution is -0.124. The van der Waals surface area contributed by atoms with Crippen LogP contribution >= 0.6 is 28.1 Å². The van der Waals surface area contributed by atoms with Gasteiger partial charge in [-0.3, -0.25) is 24.7 Å². The average Bonchev–Trinajstić information content (AvgIpc) is 3.17. The molecule has 0 saturated carbocycles. The van der Waals surface area contributed by atoms with Crippen molar-refractivity contribution in [1.82, 2.24) is 10.4 Å². The molecule has 3 aromatic carbocycles. The van der Waals surface area contributed by atoms with E-state index < -0.39 is 29.7 Å². The summed E-state index contributed by atoms with van der Waals surface area (Å²) in [5, 5.41) is 3.96. The Morgan fingerprint density at radius 3 is 2.17 bits per heavy atom. The molecule has 0 bridgehead atoms. The number of amides is 3. The number of carbonyl (C=O) groups excluding carboxylic acids is 4. The van der Waals surface area contributed by atoms with Crippen LogP contribution in [0.2, 0.25) is 0 Å². The van der Waals surface area contributed by atoms with Gasteiger partial charge < -0.3 is 14.8 Å². The predicted octanol–water partition coefficient (Wildman–Crippen LogP) is 4.31. The number of methoxy groups -OCH3 is 1. The van der Waals surface area contributed by atoms with Crippen LogP contribution in [0, 0.1) is 0 Å². The molecule has 0 aromatic heterocycles. The number of thiocarbonyl (C=S) groups is 1. The van der Waals surface area contributed by atoms with Crippen molar-refractivity contribution in [2.45, 2.75) is 19.4 Å². The molecule has 0 aliphatic carbocycles. The van der Waals surface area contributed by atoms with Gasteiger partial charge in [0.25, 0.3) is 11.8 Å². The zero-order chi connectivity index (χ0) is 28.8. The summed E-state index contributed by atoms with van der Waals surface area (Å²) >= 11 is 8.93. The molecule has 1 aliphatic heterocycles. The summed E-state index contributed by atoms with van der Waals surface area (Å²) in [6, 6.07) is 18.4. The number of anilines is 2. The number of benzene rings is 3. The number of nitrogens with zero attached hydrogens (tertiary/aromatic N) is 2. The maximum Gasteiger partial charge on any atom is 0.338 e. The van der Waals surface area contributed by atoms with Crippen LogP contribution in [0.1, 0.15) is 34.1 Å². The van der Waals surface area contributed by atoms with Crippen molar-refractivity contribution in [3.63, 3.8) is 0 Å². The molecule has 12 heteroatoms. The minimum atomic E-state index is -1.12. The van der Waals surface area contributed by atoms with Gasteiger partial charge in [-0.2, -0.15) is 0 Å². The summed E-state index contributed by atoms with van der Waals surface area (Å²) in [7, 11) is 1.53. The van der Waals surface area contributed by atoms with Gasteiger partial charge in [-0.1, -0.05) is 15.9 Å². The van der Waals surface area contributed by atoms with Crippen molar-refractivity contribution < 1.29 is 28.7 Å². The van der Waals surface area contributed by atoms with Gasteiger partial charge in [0.15, 0.2) is 0 Å². The first kappa shape index (κ1) is 28.7. The van der Waals surface area contributed by atoms with E-state index >= 15 is 0 Å². The van der Waals surface area contributed by atoms with Gasteiger partial charge in [-0.15, -0.1) is 0 Å². The Morgan fingerprint density at radius 2 is 1.57 bits per heavy atom. The van der Waals surface area contributed by atoms with Crippen LogP contribution in [0.5, 0.6) is 5.75 Å². The first-order chi connectivity index (χ1) is 19.2. The maximum absolute atomic E-state index is 13.6. The molecule has 10 nitrogen and oxygen atoms in total. The van der Waals surface area contributed by atoms with E-state index in [1.165, 1.54) is 29.2 Å². The topological polar surface area (TPSA) is 117 Å². The first-order valence-electron chi connectivity index (χ1n) is 12.2. The number of rotatable bonds is 9. The minimum absolute atomic E-state index is 0.0113. The van der Waals surface area contributed by atoms with Crippen LogP contribution in [-0.2, 0) is 14.3 Å². The quantitative estimate of drug-likeness (QED) is 0.267. The molecule has 3 amide bonds. The summed E-state index contributed by atoms with van der Waals surface area (Å²) in [5.41, 5.74) is 4.24. The number of carbonyl (C=O) groups is 4. The summed E-state index contributed by atoms with van der Waals surface area (Å²) in [4.78, 5) is 52.8. The van der Waals surface area contributed by atoms with Gasteiger partial charge in [0.1, 0.15) is 11.8 Å². The molecule has 1 aliphatic rings. The fraction of sp³-hybridized carbons (Fsp3) is 0.179. The van der Waals surface area contributed by atoms with Gasteiger partial charge in [-0.05, 0) is 91.9 Å². The summed E-state index contributed by atoms with van der Waals surface area (Å²) < 4.78 is 11.0. The molecule has 1 saturated heterocycles. The molecular weight excluding hydrogens is 600 g/mol. The summed E-state index contributed by atoms with van der Waals surface area (Å²) in [6.07, 6.45) is -0.314.